The second kappa shape index (κ2) is 9.11. The summed E-state index contributed by atoms with van der Waals surface area (Å²) in [5.41, 5.74) is 1.56. The number of rotatable bonds is 5. The summed E-state index contributed by atoms with van der Waals surface area (Å²) in [6.45, 7) is 2.80. The smallest absolute Gasteiger partial charge is 0.291 e. The molecule has 0 saturated carbocycles. The Kier molecular flexibility index (Phi) is 6.32. The molecule has 2 aliphatic heterocycles. The van der Waals surface area contributed by atoms with Crippen LogP contribution in [-0.4, -0.2) is 49.3 Å². The van der Waals surface area contributed by atoms with Gasteiger partial charge in [-0.3, -0.25) is 9.59 Å². The molecule has 7 nitrogen and oxygen atoms in total. The van der Waals surface area contributed by atoms with Gasteiger partial charge < -0.3 is 24.1 Å². The molecule has 3 heterocycles. The lowest BCUT2D eigenvalue weighted by Crippen LogP contribution is -2.42. The number of nitrogens with zero attached hydrogens (tertiary/aromatic N) is 1. The van der Waals surface area contributed by atoms with E-state index in [0.29, 0.717) is 35.9 Å². The lowest BCUT2D eigenvalue weighted by Gasteiger charge is -2.34. The van der Waals surface area contributed by atoms with E-state index < -0.39 is 0 Å². The highest BCUT2D eigenvalue weighted by atomic mass is 79.9. The standard InChI is InChI=1S/C21H23BrN2O5/c22-18-6-5-17(29-18)20(26)23-16-3-1-14(2-4-16)13-19(25)24-9-7-15(8-10-24)21-27-11-12-28-21/h1-6,15,21H,7-13H2,(H,23,26). The molecule has 2 aromatic rings. The van der Waals surface area contributed by atoms with Crippen molar-refractivity contribution in [3.63, 3.8) is 0 Å². The number of nitrogens with one attached hydrogen (secondary N) is 1. The molecule has 2 aliphatic rings. The van der Waals surface area contributed by atoms with Gasteiger partial charge in [-0.25, -0.2) is 0 Å². The SMILES string of the molecule is O=C(Nc1ccc(CC(=O)N2CCC(C3OCCO3)CC2)cc1)c1ccc(Br)o1. The number of likely N-dealkylation sites (tertiary alicyclic amines) is 1. The van der Waals surface area contributed by atoms with Crippen LogP contribution in [0.5, 0.6) is 0 Å². The van der Waals surface area contributed by atoms with Gasteiger partial charge in [0.05, 0.1) is 19.6 Å². The number of halogens is 1. The largest absolute Gasteiger partial charge is 0.444 e. The zero-order chi connectivity index (χ0) is 20.2. The van der Waals surface area contributed by atoms with Crippen molar-refractivity contribution in [1.82, 2.24) is 4.90 Å². The van der Waals surface area contributed by atoms with Crippen molar-refractivity contribution in [3.8, 4) is 0 Å². The topological polar surface area (TPSA) is 81.0 Å². The van der Waals surface area contributed by atoms with E-state index in [1.165, 1.54) is 0 Å². The van der Waals surface area contributed by atoms with Crippen LogP contribution < -0.4 is 5.32 Å². The van der Waals surface area contributed by atoms with Crippen LogP contribution >= 0.6 is 15.9 Å². The van der Waals surface area contributed by atoms with E-state index in [0.717, 1.165) is 31.5 Å². The van der Waals surface area contributed by atoms with Gasteiger partial charge in [-0.1, -0.05) is 12.1 Å². The van der Waals surface area contributed by atoms with Gasteiger partial charge in [0, 0.05) is 24.7 Å². The Labute approximate surface area is 177 Å². The first kappa shape index (κ1) is 20.1. The zero-order valence-corrected chi connectivity index (χ0v) is 17.5. The fourth-order valence-corrected chi connectivity index (χ4v) is 4.00. The number of amides is 2. The average molecular weight is 463 g/mol. The van der Waals surface area contributed by atoms with Gasteiger partial charge in [0.15, 0.2) is 16.7 Å². The van der Waals surface area contributed by atoms with Gasteiger partial charge in [0.2, 0.25) is 5.91 Å². The Morgan fingerprint density at radius 2 is 1.72 bits per heavy atom. The molecule has 0 aliphatic carbocycles. The molecule has 2 fully saturated rings. The quantitative estimate of drug-likeness (QED) is 0.735. The monoisotopic (exact) mass is 462 g/mol. The number of carbonyl (C=O) groups excluding carboxylic acids is 2. The van der Waals surface area contributed by atoms with Gasteiger partial charge in [0.1, 0.15) is 0 Å². The van der Waals surface area contributed by atoms with Crippen molar-refractivity contribution in [3.05, 3.63) is 52.4 Å². The molecule has 1 N–H and O–H groups in total. The van der Waals surface area contributed by atoms with Crippen molar-refractivity contribution in [2.45, 2.75) is 25.6 Å². The number of hydrogen-bond acceptors (Lipinski definition) is 5. The third-order valence-corrected chi connectivity index (χ3v) is 5.72. The number of ether oxygens (including phenoxy) is 2. The maximum atomic E-state index is 12.6. The highest BCUT2D eigenvalue weighted by molar-refractivity contribution is 9.10. The molecule has 2 amide bonds. The van der Waals surface area contributed by atoms with Crippen molar-refractivity contribution in [2.75, 3.05) is 31.6 Å². The molecule has 0 bridgehead atoms. The summed E-state index contributed by atoms with van der Waals surface area (Å²) < 4.78 is 16.9. The lowest BCUT2D eigenvalue weighted by atomic mass is 9.95. The molecule has 2 saturated heterocycles. The molecule has 29 heavy (non-hydrogen) atoms. The summed E-state index contributed by atoms with van der Waals surface area (Å²) in [7, 11) is 0. The lowest BCUT2D eigenvalue weighted by molar-refractivity contribution is -0.136. The third-order valence-electron chi connectivity index (χ3n) is 5.29. The van der Waals surface area contributed by atoms with Crippen LogP contribution in [0.3, 0.4) is 0 Å². The molecular weight excluding hydrogens is 440 g/mol. The predicted molar refractivity (Wildman–Crippen MR) is 110 cm³/mol. The molecule has 0 unspecified atom stereocenters. The summed E-state index contributed by atoms with van der Waals surface area (Å²) in [6, 6.07) is 10.6. The van der Waals surface area contributed by atoms with Gasteiger partial charge in [0.25, 0.3) is 5.91 Å². The Bertz CT molecular complexity index is 852. The molecular formula is C21H23BrN2O5. The summed E-state index contributed by atoms with van der Waals surface area (Å²) in [4.78, 5) is 26.6. The number of furan rings is 1. The van der Waals surface area contributed by atoms with Crippen LogP contribution in [0.4, 0.5) is 5.69 Å². The molecule has 0 radical (unpaired) electrons. The minimum absolute atomic E-state index is 0.0997. The van der Waals surface area contributed by atoms with Crippen LogP contribution in [0.15, 0.2) is 45.5 Å². The Morgan fingerprint density at radius 3 is 2.34 bits per heavy atom. The number of hydrogen-bond donors (Lipinski definition) is 1. The third kappa shape index (κ3) is 5.07. The molecule has 0 atom stereocenters. The Morgan fingerprint density at radius 1 is 1.03 bits per heavy atom. The normalized spacial score (nSPS) is 18.2. The molecule has 4 rings (SSSR count). The number of carbonyl (C=O) groups is 2. The van der Waals surface area contributed by atoms with Crippen molar-refractivity contribution in [2.24, 2.45) is 5.92 Å². The summed E-state index contributed by atoms with van der Waals surface area (Å²) in [5.74, 6) is 0.402. The van der Waals surface area contributed by atoms with Crippen LogP contribution in [0.2, 0.25) is 0 Å². The van der Waals surface area contributed by atoms with Crippen molar-refractivity contribution in [1.29, 1.82) is 0 Å². The molecule has 0 spiro atoms. The predicted octanol–water partition coefficient (Wildman–Crippen LogP) is 3.45. The van der Waals surface area contributed by atoms with Crippen molar-refractivity contribution < 1.29 is 23.5 Å². The van der Waals surface area contributed by atoms with Gasteiger partial charge in [-0.05, 0) is 58.6 Å². The second-order valence-electron chi connectivity index (χ2n) is 7.26. The van der Waals surface area contributed by atoms with E-state index in [1.807, 2.05) is 17.0 Å². The van der Waals surface area contributed by atoms with E-state index in [2.05, 4.69) is 21.2 Å². The van der Waals surface area contributed by atoms with Crippen LogP contribution in [0, 0.1) is 5.92 Å². The number of piperidine rings is 1. The zero-order valence-electron chi connectivity index (χ0n) is 15.9. The molecule has 154 valence electrons. The number of benzene rings is 1. The van der Waals surface area contributed by atoms with E-state index in [-0.39, 0.29) is 23.9 Å². The van der Waals surface area contributed by atoms with E-state index in [1.54, 1.807) is 24.3 Å². The molecule has 1 aromatic heterocycles. The van der Waals surface area contributed by atoms with Crippen LogP contribution in [-0.2, 0) is 20.7 Å². The maximum absolute atomic E-state index is 12.6. The highest BCUT2D eigenvalue weighted by Gasteiger charge is 2.31. The first-order valence-electron chi connectivity index (χ1n) is 9.75. The first-order valence-corrected chi connectivity index (χ1v) is 10.5. The van der Waals surface area contributed by atoms with E-state index in [9.17, 15) is 9.59 Å². The fourth-order valence-electron chi connectivity index (χ4n) is 3.69. The minimum atomic E-state index is -0.322. The Balaban J connectivity index is 1.26. The fraction of sp³-hybridized carbons (Fsp3) is 0.429. The van der Waals surface area contributed by atoms with Crippen LogP contribution in [0.25, 0.3) is 0 Å². The first-order chi connectivity index (χ1) is 14.1. The highest BCUT2D eigenvalue weighted by Crippen LogP contribution is 2.26. The minimum Gasteiger partial charge on any atom is -0.444 e. The molecule has 8 heteroatoms. The van der Waals surface area contributed by atoms with Gasteiger partial charge >= 0.3 is 0 Å². The van der Waals surface area contributed by atoms with Gasteiger partial charge in [-0.15, -0.1) is 0 Å². The summed E-state index contributed by atoms with van der Waals surface area (Å²) in [5, 5.41) is 2.77. The maximum Gasteiger partial charge on any atom is 0.291 e. The number of anilines is 1. The van der Waals surface area contributed by atoms with Gasteiger partial charge in [-0.2, -0.15) is 0 Å². The van der Waals surface area contributed by atoms with Crippen molar-refractivity contribution >= 4 is 33.4 Å². The second-order valence-corrected chi connectivity index (χ2v) is 8.04. The Hall–Kier alpha value is -2.16. The van der Waals surface area contributed by atoms with E-state index >= 15 is 0 Å². The van der Waals surface area contributed by atoms with Crippen LogP contribution in [0.1, 0.15) is 29.0 Å². The summed E-state index contributed by atoms with van der Waals surface area (Å²) >= 11 is 3.18. The van der Waals surface area contributed by atoms with E-state index in [4.69, 9.17) is 13.9 Å². The molecule has 1 aromatic carbocycles. The summed E-state index contributed by atoms with van der Waals surface area (Å²) in [6.07, 6.45) is 2.06. The average Bonchev–Trinajstić information content (AvgIpc) is 3.41.